The number of rotatable bonds is 2. The van der Waals surface area contributed by atoms with Gasteiger partial charge in [0.25, 0.3) is 0 Å². The molecule has 0 aliphatic heterocycles. The second kappa shape index (κ2) is 3.54. The van der Waals surface area contributed by atoms with Crippen molar-refractivity contribution in [1.29, 1.82) is 0 Å². The normalized spacial score (nSPS) is 10.0. The van der Waals surface area contributed by atoms with Crippen molar-refractivity contribution in [3.8, 4) is 0 Å². The molecule has 0 aromatic rings. The molecule has 0 saturated carbocycles. The second-order valence-electron chi connectivity index (χ2n) is 1.47. The van der Waals surface area contributed by atoms with E-state index >= 15 is 0 Å². The molecule has 0 aromatic carbocycles. The van der Waals surface area contributed by atoms with Crippen LogP contribution >= 0.6 is 12.6 Å². The minimum atomic E-state index is 0.941. The molecule has 1 radical (unpaired) electrons. The van der Waals surface area contributed by atoms with Crippen molar-refractivity contribution in [3.05, 3.63) is 5.92 Å². The van der Waals surface area contributed by atoms with E-state index in [0.717, 1.165) is 5.75 Å². The van der Waals surface area contributed by atoms with Gasteiger partial charge in [-0.3, -0.25) is 0 Å². The van der Waals surface area contributed by atoms with E-state index in [0.29, 0.717) is 0 Å². The zero-order chi connectivity index (χ0) is 4.99. The van der Waals surface area contributed by atoms with E-state index in [2.05, 4.69) is 26.5 Å². The summed E-state index contributed by atoms with van der Waals surface area (Å²) >= 11 is 4.06. The molecule has 0 amide bonds. The number of hydrogen-bond donors (Lipinski definition) is 1. The first kappa shape index (κ1) is 6.35. The summed E-state index contributed by atoms with van der Waals surface area (Å²) < 4.78 is 0. The van der Waals surface area contributed by atoms with Gasteiger partial charge in [0.05, 0.1) is 0 Å². The van der Waals surface area contributed by atoms with Crippen LogP contribution in [0, 0.1) is 5.92 Å². The Kier molecular flexibility index (Phi) is 3.74. The molecular weight excluding hydrogens is 92.1 g/mol. The van der Waals surface area contributed by atoms with Gasteiger partial charge in [-0.1, -0.05) is 13.8 Å². The van der Waals surface area contributed by atoms with Crippen LogP contribution in [-0.2, 0) is 0 Å². The Hall–Kier alpha value is 0.350. The molecule has 0 N–H and O–H groups in total. The van der Waals surface area contributed by atoms with Gasteiger partial charge >= 0.3 is 0 Å². The first-order valence-electron chi connectivity index (χ1n) is 2.23. The molecule has 0 atom stereocenters. The predicted molar refractivity (Wildman–Crippen MR) is 33.1 cm³/mol. The largest absolute Gasteiger partial charge is 0.179 e. The van der Waals surface area contributed by atoms with Crippen molar-refractivity contribution >= 4 is 12.6 Å². The fourth-order valence-electron chi connectivity index (χ4n) is 0.112. The Balaban J connectivity index is 2.75. The lowest BCUT2D eigenvalue weighted by atomic mass is 10.2. The molecule has 0 bridgehead atoms. The summed E-state index contributed by atoms with van der Waals surface area (Å²) in [7, 11) is 0. The summed E-state index contributed by atoms with van der Waals surface area (Å²) in [6.45, 7) is 4.26. The number of thiol groups is 1. The summed E-state index contributed by atoms with van der Waals surface area (Å²) in [5.74, 6) is 2.40. The Morgan fingerprint density at radius 3 is 2.17 bits per heavy atom. The molecule has 0 aliphatic carbocycles. The SMILES string of the molecule is CC[C](C)CS. The van der Waals surface area contributed by atoms with E-state index in [-0.39, 0.29) is 0 Å². The van der Waals surface area contributed by atoms with Gasteiger partial charge < -0.3 is 0 Å². The van der Waals surface area contributed by atoms with Gasteiger partial charge in [-0.25, -0.2) is 0 Å². The fourth-order valence-corrected chi connectivity index (χ4v) is 0.335. The smallest absolute Gasteiger partial charge is 0.00384 e. The first-order chi connectivity index (χ1) is 2.81. The van der Waals surface area contributed by atoms with E-state index < -0.39 is 0 Å². The third kappa shape index (κ3) is 2.58. The van der Waals surface area contributed by atoms with Crippen molar-refractivity contribution in [2.24, 2.45) is 0 Å². The third-order valence-corrected chi connectivity index (χ3v) is 1.41. The molecule has 1 heteroatoms. The van der Waals surface area contributed by atoms with Crippen LogP contribution in [0.2, 0.25) is 0 Å². The molecular formula is C5H11S. The molecule has 0 saturated heterocycles. The monoisotopic (exact) mass is 103 g/mol. The van der Waals surface area contributed by atoms with Gasteiger partial charge in [0.2, 0.25) is 0 Å². The second-order valence-corrected chi connectivity index (χ2v) is 1.79. The van der Waals surface area contributed by atoms with Crippen LogP contribution in [0.15, 0.2) is 0 Å². The maximum atomic E-state index is 4.06. The summed E-state index contributed by atoms with van der Waals surface area (Å²) in [5, 5.41) is 0. The highest BCUT2D eigenvalue weighted by Crippen LogP contribution is 2.03. The average molecular weight is 103 g/mol. The molecule has 0 aliphatic rings. The average Bonchev–Trinajstić information content (AvgIpc) is 1.65. The molecule has 0 fully saturated rings. The summed E-state index contributed by atoms with van der Waals surface area (Å²) in [4.78, 5) is 0. The van der Waals surface area contributed by atoms with E-state index in [1.54, 1.807) is 0 Å². The molecule has 37 valence electrons. The topological polar surface area (TPSA) is 0 Å². The third-order valence-electron chi connectivity index (χ3n) is 0.873. The van der Waals surface area contributed by atoms with Crippen LogP contribution < -0.4 is 0 Å². The Labute approximate surface area is 45.4 Å². The Bertz CT molecular complexity index is 23.1. The summed E-state index contributed by atoms with van der Waals surface area (Å²) in [6, 6.07) is 0. The zero-order valence-corrected chi connectivity index (χ0v) is 5.26. The van der Waals surface area contributed by atoms with Gasteiger partial charge in [0, 0.05) is 0 Å². The van der Waals surface area contributed by atoms with E-state index in [4.69, 9.17) is 0 Å². The maximum absolute atomic E-state index is 4.06. The summed E-state index contributed by atoms with van der Waals surface area (Å²) in [6.07, 6.45) is 1.17. The first-order valence-corrected chi connectivity index (χ1v) is 2.86. The van der Waals surface area contributed by atoms with Crippen molar-refractivity contribution < 1.29 is 0 Å². The van der Waals surface area contributed by atoms with Crippen LogP contribution in [0.4, 0.5) is 0 Å². The Morgan fingerprint density at radius 1 is 1.67 bits per heavy atom. The predicted octanol–water partition coefficient (Wildman–Crippen LogP) is 1.92. The van der Waals surface area contributed by atoms with Gasteiger partial charge in [-0.05, 0) is 18.1 Å². The van der Waals surface area contributed by atoms with Crippen molar-refractivity contribution in [2.75, 3.05) is 5.75 Å². The maximum Gasteiger partial charge on any atom is -0.00384 e. The molecule has 6 heavy (non-hydrogen) atoms. The molecule has 0 heterocycles. The molecule has 0 nitrogen and oxygen atoms in total. The quantitative estimate of drug-likeness (QED) is 0.507. The van der Waals surface area contributed by atoms with Crippen molar-refractivity contribution in [1.82, 2.24) is 0 Å². The zero-order valence-electron chi connectivity index (χ0n) is 4.36. The molecule has 0 aromatic heterocycles. The van der Waals surface area contributed by atoms with Gasteiger partial charge in [-0.15, -0.1) is 0 Å². The van der Waals surface area contributed by atoms with Crippen LogP contribution in [0.5, 0.6) is 0 Å². The standard InChI is InChI=1S/C5H11S/c1-3-5(2)4-6/h6H,3-4H2,1-2H3. The molecule has 0 spiro atoms. The van der Waals surface area contributed by atoms with Crippen LogP contribution in [0.25, 0.3) is 0 Å². The highest BCUT2D eigenvalue weighted by molar-refractivity contribution is 7.80. The van der Waals surface area contributed by atoms with Crippen LogP contribution in [-0.4, -0.2) is 5.75 Å². The molecule has 0 unspecified atom stereocenters. The minimum Gasteiger partial charge on any atom is -0.179 e. The van der Waals surface area contributed by atoms with Gasteiger partial charge in [0.15, 0.2) is 0 Å². The summed E-state index contributed by atoms with van der Waals surface area (Å²) in [5.41, 5.74) is 0. The van der Waals surface area contributed by atoms with E-state index in [1.165, 1.54) is 12.3 Å². The van der Waals surface area contributed by atoms with Crippen LogP contribution in [0.3, 0.4) is 0 Å². The van der Waals surface area contributed by atoms with Gasteiger partial charge in [-0.2, -0.15) is 12.6 Å². The lowest BCUT2D eigenvalue weighted by Gasteiger charge is -1.97. The van der Waals surface area contributed by atoms with Crippen LogP contribution in [0.1, 0.15) is 20.3 Å². The lowest BCUT2D eigenvalue weighted by molar-refractivity contribution is 0.935. The van der Waals surface area contributed by atoms with Crippen molar-refractivity contribution in [2.45, 2.75) is 20.3 Å². The van der Waals surface area contributed by atoms with Gasteiger partial charge in [0.1, 0.15) is 0 Å². The highest BCUT2D eigenvalue weighted by Gasteiger charge is 1.90. The van der Waals surface area contributed by atoms with Crippen molar-refractivity contribution in [3.63, 3.8) is 0 Å². The lowest BCUT2D eigenvalue weighted by Crippen LogP contribution is -1.87. The van der Waals surface area contributed by atoms with E-state index in [9.17, 15) is 0 Å². The fraction of sp³-hybridized carbons (Fsp3) is 0.800. The minimum absolute atomic E-state index is 0.941. The highest BCUT2D eigenvalue weighted by atomic mass is 32.1. The Morgan fingerprint density at radius 2 is 2.17 bits per heavy atom. The molecule has 0 rings (SSSR count). The van der Waals surface area contributed by atoms with E-state index in [1.807, 2.05) is 0 Å². The number of hydrogen-bond acceptors (Lipinski definition) is 1.